The topological polar surface area (TPSA) is 30.5 Å². The highest BCUT2D eigenvalue weighted by Crippen LogP contribution is 2.32. The largest absolute Gasteiger partial charge is 0.350 e. The highest BCUT2D eigenvalue weighted by Gasteiger charge is 2.41. The summed E-state index contributed by atoms with van der Waals surface area (Å²) in [5, 5.41) is 3.33. The maximum atomic E-state index is 5.88. The predicted octanol–water partition coefficient (Wildman–Crippen LogP) is 0.891. The molecule has 12 heavy (non-hydrogen) atoms. The molecule has 70 valence electrons. The molecular weight excluding hydrogens is 154 g/mol. The Kier molecular flexibility index (Phi) is 2.35. The van der Waals surface area contributed by atoms with E-state index >= 15 is 0 Å². The van der Waals surface area contributed by atoms with Crippen molar-refractivity contribution in [2.75, 3.05) is 19.7 Å². The monoisotopic (exact) mass is 171 g/mol. The van der Waals surface area contributed by atoms with E-state index in [0.717, 1.165) is 39.0 Å². The molecule has 2 aliphatic rings. The lowest BCUT2D eigenvalue weighted by molar-refractivity contribution is -0.0983. The fourth-order valence-electron chi connectivity index (χ4n) is 1.94. The molecule has 2 saturated heterocycles. The minimum Gasteiger partial charge on any atom is -0.350 e. The van der Waals surface area contributed by atoms with Crippen molar-refractivity contribution in [2.45, 2.75) is 38.1 Å². The van der Waals surface area contributed by atoms with Gasteiger partial charge in [-0.05, 0) is 32.4 Å². The van der Waals surface area contributed by atoms with Gasteiger partial charge in [0.1, 0.15) is 0 Å². The van der Waals surface area contributed by atoms with Gasteiger partial charge >= 0.3 is 0 Å². The lowest BCUT2D eigenvalue weighted by Crippen LogP contribution is -2.43. The Morgan fingerprint density at radius 3 is 2.75 bits per heavy atom. The summed E-state index contributed by atoms with van der Waals surface area (Å²) in [7, 11) is 0. The van der Waals surface area contributed by atoms with E-state index in [1.807, 2.05) is 0 Å². The molecule has 2 heterocycles. The predicted molar refractivity (Wildman–Crippen MR) is 46.0 cm³/mol. The molecule has 1 spiro atoms. The van der Waals surface area contributed by atoms with E-state index in [1.165, 1.54) is 0 Å². The van der Waals surface area contributed by atoms with Crippen molar-refractivity contribution in [3.63, 3.8) is 0 Å². The number of nitrogens with one attached hydrogen (secondary N) is 1. The van der Waals surface area contributed by atoms with E-state index in [4.69, 9.17) is 9.47 Å². The van der Waals surface area contributed by atoms with Crippen LogP contribution in [0.1, 0.15) is 26.2 Å². The van der Waals surface area contributed by atoms with Gasteiger partial charge in [0, 0.05) is 0 Å². The standard InChI is InChI=1S/C9H17NO2/c1-2-8-11-7-9(12-8)3-5-10-6-4-9/h8,10H,2-7H2,1H3. The van der Waals surface area contributed by atoms with Crippen LogP contribution in [0.3, 0.4) is 0 Å². The van der Waals surface area contributed by atoms with Gasteiger partial charge in [-0.2, -0.15) is 0 Å². The third-order valence-corrected chi connectivity index (χ3v) is 2.76. The first kappa shape index (κ1) is 8.48. The summed E-state index contributed by atoms with van der Waals surface area (Å²) >= 11 is 0. The zero-order valence-electron chi connectivity index (χ0n) is 7.64. The van der Waals surface area contributed by atoms with Crippen LogP contribution in [0.5, 0.6) is 0 Å². The number of hydrogen-bond acceptors (Lipinski definition) is 3. The molecule has 0 bridgehead atoms. The Labute approximate surface area is 73.4 Å². The average Bonchev–Trinajstić information content (AvgIpc) is 2.50. The van der Waals surface area contributed by atoms with Crippen molar-refractivity contribution < 1.29 is 9.47 Å². The van der Waals surface area contributed by atoms with Gasteiger partial charge in [0.25, 0.3) is 0 Å². The fourth-order valence-corrected chi connectivity index (χ4v) is 1.94. The highest BCUT2D eigenvalue weighted by atomic mass is 16.7. The van der Waals surface area contributed by atoms with Gasteiger partial charge in [0.05, 0.1) is 12.2 Å². The summed E-state index contributed by atoms with van der Waals surface area (Å²) in [5.41, 5.74) is 0.0614. The van der Waals surface area contributed by atoms with Gasteiger partial charge in [-0.3, -0.25) is 0 Å². The van der Waals surface area contributed by atoms with Gasteiger partial charge in [0.15, 0.2) is 6.29 Å². The minimum atomic E-state index is 0.0584. The smallest absolute Gasteiger partial charge is 0.158 e. The molecule has 0 aromatic rings. The third-order valence-electron chi connectivity index (χ3n) is 2.76. The van der Waals surface area contributed by atoms with Crippen LogP contribution in [0.4, 0.5) is 0 Å². The zero-order valence-corrected chi connectivity index (χ0v) is 7.64. The van der Waals surface area contributed by atoms with E-state index in [2.05, 4.69) is 12.2 Å². The normalized spacial score (nSPS) is 34.2. The van der Waals surface area contributed by atoms with Gasteiger partial charge in [0.2, 0.25) is 0 Å². The number of hydrogen-bond donors (Lipinski definition) is 1. The Bertz CT molecular complexity index is 155. The summed E-state index contributed by atoms with van der Waals surface area (Å²) in [6, 6.07) is 0. The van der Waals surface area contributed by atoms with E-state index in [1.54, 1.807) is 0 Å². The van der Waals surface area contributed by atoms with Crippen LogP contribution < -0.4 is 5.32 Å². The summed E-state index contributed by atoms with van der Waals surface area (Å²) < 4.78 is 11.4. The van der Waals surface area contributed by atoms with Crippen LogP contribution in [-0.2, 0) is 9.47 Å². The Hall–Kier alpha value is -0.120. The lowest BCUT2D eigenvalue weighted by atomic mass is 9.94. The van der Waals surface area contributed by atoms with Crippen LogP contribution in [-0.4, -0.2) is 31.6 Å². The maximum absolute atomic E-state index is 5.88. The first-order chi connectivity index (χ1) is 5.85. The number of rotatable bonds is 1. The maximum Gasteiger partial charge on any atom is 0.158 e. The number of piperidine rings is 1. The average molecular weight is 171 g/mol. The van der Waals surface area contributed by atoms with Crippen LogP contribution in [0.25, 0.3) is 0 Å². The van der Waals surface area contributed by atoms with Crippen LogP contribution in [0.15, 0.2) is 0 Å². The zero-order chi connectivity index (χ0) is 8.44. The quantitative estimate of drug-likeness (QED) is 0.635. The molecule has 2 rings (SSSR count). The van der Waals surface area contributed by atoms with Crippen molar-refractivity contribution in [1.82, 2.24) is 5.32 Å². The van der Waals surface area contributed by atoms with Crippen molar-refractivity contribution in [3.8, 4) is 0 Å². The van der Waals surface area contributed by atoms with Crippen LogP contribution in [0, 0.1) is 0 Å². The van der Waals surface area contributed by atoms with Crippen LogP contribution >= 0.6 is 0 Å². The fraction of sp³-hybridized carbons (Fsp3) is 1.00. The first-order valence-electron chi connectivity index (χ1n) is 4.85. The summed E-state index contributed by atoms with van der Waals surface area (Å²) in [6.45, 7) is 5.04. The summed E-state index contributed by atoms with van der Waals surface area (Å²) in [6.07, 6.45) is 3.23. The molecule has 0 saturated carbocycles. The molecule has 3 nitrogen and oxygen atoms in total. The Balaban J connectivity index is 1.94. The molecule has 0 amide bonds. The van der Waals surface area contributed by atoms with E-state index in [-0.39, 0.29) is 11.9 Å². The molecule has 2 fully saturated rings. The van der Waals surface area contributed by atoms with Gasteiger partial charge in [-0.15, -0.1) is 0 Å². The summed E-state index contributed by atoms with van der Waals surface area (Å²) in [5.74, 6) is 0. The molecule has 0 aliphatic carbocycles. The SMILES string of the molecule is CCC1OCC2(CCNCC2)O1. The second-order valence-electron chi connectivity index (χ2n) is 3.70. The van der Waals surface area contributed by atoms with Crippen molar-refractivity contribution in [2.24, 2.45) is 0 Å². The van der Waals surface area contributed by atoms with Crippen molar-refractivity contribution in [1.29, 1.82) is 0 Å². The Morgan fingerprint density at radius 1 is 1.42 bits per heavy atom. The Morgan fingerprint density at radius 2 is 2.17 bits per heavy atom. The highest BCUT2D eigenvalue weighted by molar-refractivity contribution is 4.89. The minimum absolute atomic E-state index is 0.0584. The second kappa shape index (κ2) is 3.32. The third kappa shape index (κ3) is 1.49. The molecule has 0 aromatic carbocycles. The molecule has 1 atom stereocenters. The molecule has 1 unspecified atom stereocenters. The molecule has 1 N–H and O–H groups in total. The van der Waals surface area contributed by atoms with Crippen LogP contribution in [0.2, 0.25) is 0 Å². The molecule has 3 heteroatoms. The van der Waals surface area contributed by atoms with Gasteiger partial charge in [-0.1, -0.05) is 6.92 Å². The first-order valence-corrected chi connectivity index (χ1v) is 4.85. The van der Waals surface area contributed by atoms with E-state index in [9.17, 15) is 0 Å². The molecule has 0 aromatic heterocycles. The lowest BCUT2D eigenvalue weighted by Gasteiger charge is -2.31. The van der Waals surface area contributed by atoms with Gasteiger partial charge < -0.3 is 14.8 Å². The number of ether oxygens (including phenoxy) is 2. The molecular formula is C9H17NO2. The van der Waals surface area contributed by atoms with Crippen molar-refractivity contribution >= 4 is 0 Å². The second-order valence-corrected chi connectivity index (χ2v) is 3.70. The van der Waals surface area contributed by atoms with Gasteiger partial charge in [-0.25, -0.2) is 0 Å². The van der Waals surface area contributed by atoms with E-state index < -0.39 is 0 Å². The van der Waals surface area contributed by atoms with E-state index in [0.29, 0.717) is 0 Å². The summed E-state index contributed by atoms with van der Waals surface area (Å²) in [4.78, 5) is 0. The molecule has 2 aliphatic heterocycles. The molecule has 0 radical (unpaired) electrons. The van der Waals surface area contributed by atoms with Crippen molar-refractivity contribution in [3.05, 3.63) is 0 Å².